The molecule has 2 aliphatic carbocycles. The zero-order valence-electron chi connectivity index (χ0n) is 11.2. The molecule has 1 heterocycles. The highest BCUT2D eigenvalue weighted by Crippen LogP contribution is 2.38. The molecule has 0 radical (unpaired) electrons. The van der Waals surface area contributed by atoms with Crippen LogP contribution in [0.4, 0.5) is 0 Å². The van der Waals surface area contributed by atoms with Crippen molar-refractivity contribution in [1.29, 1.82) is 0 Å². The van der Waals surface area contributed by atoms with Crippen molar-refractivity contribution in [2.45, 2.75) is 56.4 Å². The van der Waals surface area contributed by atoms with Gasteiger partial charge in [0.15, 0.2) is 0 Å². The minimum atomic E-state index is 0.475. The van der Waals surface area contributed by atoms with Gasteiger partial charge in [-0.2, -0.15) is 11.8 Å². The van der Waals surface area contributed by atoms with Gasteiger partial charge in [-0.15, -0.1) is 0 Å². The molecule has 0 aromatic rings. The summed E-state index contributed by atoms with van der Waals surface area (Å²) in [4.78, 5) is 2.78. The molecule has 3 rings (SSSR count). The second-order valence-electron chi connectivity index (χ2n) is 6.67. The van der Waals surface area contributed by atoms with Crippen molar-refractivity contribution in [2.75, 3.05) is 25.4 Å². The van der Waals surface area contributed by atoms with Gasteiger partial charge < -0.3 is 5.32 Å². The Hall–Kier alpha value is 0.270. The largest absolute Gasteiger partial charge is 0.314 e. The maximum atomic E-state index is 3.72. The maximum Gasteiger partial charge on any atom is 0.0231 e. The predicted molar refractivity (Wildman–Crippen MR) is 75.6 cm³/mol. The lowest BCUT2D eigenvalue weighted by Gasteiger charge is -2.49. The lowest BCUT2D eigenvalue weighted by molar-refractivity contribution is 0.0579. The van der Waals surface area contributed by atoms with Gasteiger partial charge in [0, 0.05) is 35.7 Å². The van der Waals surface area contributed by atoms with Gasteiger partial charge in [-0.05, 0) is 52.0 Å². The van der Waals surface area contributed by atoms with Crippen LogP contribution in [0.25, 0.3) is 0 Å². The van der Waals surface area contributed by atoms with Crippen molar-refractivity contribution in [3.63, 3.8) is 0 Å². The van der Waals surface area contributed by atoms with Crippen LogP contribution in [0.2, 0.25) is 0 Å². The molecule has 1 N–H and O–H groups in total. The fraction of sp³-hybridized carbons (Fsp3) is 1.00. The van der Waals surface area contributed by atoms with Crippen molar-refractivity contribution < 1.29 is 0 Å². The Morgan fingerprint density at radius 2 is 2.06 bits per heavy atom. The maximum absolute atomic E-state index is 3.72. The molecule has 3 fully saturated rings. The summed E-state index contributed by atoms with van der Waals surface area (Å²) in [5.41, 5.74) is 0. The third kappa shape index (κ3) is 2.99. The van der Waals surface area contributed by atoms with E-state index < -0.39 is 0 Å². The van der Waals surface area contributed by atoms with E-state index in [1.807, 2.05) is 0 Å². The summed E-state index contributed by atoms with van der Waals surface area (Å²) in [6.07, 6.45) is 5.74. The van der Waals surface area contributed by atoms with Crippen LogP contribution in [-0.2, 0) is 0 Å². The van der Waals surface area contributed by atoms with Gasteiger partial charge >= 0.3 is 0 Å². The molecule has 3 heteroatoms. The molecule has 1 saturated heterocycles. The first-order valence-electron chi connectivity index (χ1n) is 7.25. The van der Waals surface area contributed by atoms with Crippen LogP contribution < -0.4 is 5.32 Å². The predicted octanol–water partition coefficient (Wildman–Crippen LogP) is 2.34. The molecule has 2 unspecified atom stereocenters. The first-order chi connectivity index (χ1) is 8.14. The SMILES string of the molecule is CC1(C)CN(C2CCC2CNC2CC2)CCS1. The molecular formula is C14H26N2S. The van der Waals surface area contributed by atoms with E-state index in [4.69, 9.17) is 0 Å². The highest BCUT2D eigenvalue weighted by atomic mass is 32.2. The quantitative estimate of drug-likeness (QED) is 0.829. The van der Waals surface area contributed by atoms with E-state index in [2.05, 4.69) is 35.8 Å². The first kappa shape index (κ1) is 12.3. The Bertz CT molecular complexity index is 275. The van der Waals surface area contributed by atoms with E-state index in [1.165, 1.54) is 51.1 Å². The molecule has 1 aliphatic heterocycles. The van der Waals surface area contributed by atoms with Crippen LogP contribution in [0.15, 0.2) is 0 Å². The molecule has 2 atom stereocenters. The Labute approximate surface area is 110 Å². The number of nitrogens with zero attached hydrogens (tertiary/aromatic N) is 1. The fourth-order valence-electron chi connectivity index (χ4n) is 3.21. The fourth-order valence-corrected chi connectivity index (χ4v) is 4.35. The number of rotatable bonds is 4. The van der Waals surface area contributed by atoms with Crippen molar-refractivity contribution in [2.24, 2.45) is 5.92 Å². The van der Waals surface area contributed by atoms with Gasteiger partial charge in [-0.1, -0.05) is 0 Å². The molecule has 0 aromatic heterocycles. The van der Waals surface area contributed by atoms with E-state index >= 15 is 0 Å². The van der Waals surface area contributed by atoms with Crippen molar-refractivity contribution in [3.05, 3.63) is 0 Å². The Morgan fingerprint density at radius 1 is 1.24 bits per heavy atom. The van der Waals surface area contributed by atoms with E-state index in [0.717, 1.165) is 18.0 Å². The molecule has 2 nitrogen and oxygen atoms in total. The minimum absolute atomic E-state index is 0.475. The summed E-state index contributed by atoms with van der Waals surface area (Å²) < 4.78 is 0.475. The highest BCUT2D eigenvalue weighted by Gasteiger charge is 2.39. The smallest absolute Gasteiger partial charge is 0.0231 e. The summed E-state index contributed by atoms with van der Waals surface area (Å²) in [6, 6.07) is 1.77. The molecule has 0 spiro atoms. The van der Waals surface area contributed by atoms with E-state index in [9.17, 15) is 0 Å². The first-order valence-corrected chi connectivity index (χ1v) is 8.24. The molecule has 17 heavy (non-hydrogen) atoms. The topological polar surface area (TPSA) is 15.3 Å². The van der Waals surface area contributed by atoms with Crippen LogP contribution in [0, 0.1) is 5.92 Å². The summed E-state index contributed by atoms with van der Waals surface area (Å²) in [7, 11) is 0. The molecular weight excluding hydrogens is 228 g/mol. The summed E-state index contributed by atoms with van der Waals surface area (Å²) in [5, 5.41) is 3.72. The number of hydrogen-bond acceptors (Lipinski definition) is 3. The van der Waals surface area contributed by atoms with Gasteiger partial charge in [-0.3, -0.25) is 4.90 Å². The summed E-state index contributed by atoms with van der Waals surface area (Å²) in [6.45, 7) is 8.69. The van der Waals surface area contributed by atoms with Gasteiger partial charge in [0.25, 0.3) is 0 Å². The normalized spacial score (nSPS) is 37.8. The number of hydrogen-bond donors (Lipinski definition) is 1. The van der Waals surface area contributed by atoms with Crippen molar-refractivity contribution in [3.8, 4) is 0 Å². The summed E-state index contributed by atoms with van der Waals surface area (Å²) >= 11 is 2.15. The van der Waals surface area contributed by atoms with E-state index in [-0.39, 0.29) is 0 Å². The second kappa shape index (κ2) is 4.75. The van der Waals surface area contributed by atoms with Gasteiger partial charge in [0.1, 0.15) is 0 Å². The lowest BCUT2D eigenvalue weighted by Crippen LogP contribution is -2.56. The summed E-state index contributed by atoms with van der Waals surface area (Å²) in [5.74, 6) is 2.27. The molecule has 98 valence electrons. The van der Waals surface area contributed by atoms with Crippen molar-refractivity contribution >= 4 is 11.8 Å². The second-order valence-corrected chi connectivity index (χ2v) is 8.47. The van der Waals surface area contributed by atoms with Crippen molar-refractivity contribution in [1.82, 2.24) is 10.2 Å². The number of thioether (sulfide) groups is 1. The molecule has 0 bridgehead atoms. The zero-order valence-corrected chi connectivity index (χ0v) is 12.1. The van der Waals surface area contributed by atoms with Crippen LogP contribution in [0.5, 0.6) is 0 Å². The third-order valence-corrected chi connectivity index (χ3v) is 5.84. The number of nitrogens with one attached hydrogen (secondary N) is 1. The van der Waals surface area contributed by atoms with Gasteiger partial charge in [-0.25, -0.2) is 0 Å². The zero-order chi connectivity index (χ0) is 11.9. The van der Waals surface area contributed by atoms with Crippen LogP contribution >= 0.6 is 11.8 Å². The Morgan fingerprint density at radius 3 is 2.65 bits per heavy atom. The Balaban J connectivity index is 1.49. The van der Waals surface area contributed by atoms with Crippen LogP contribution in [-0.4, -0.2) is 47.1 Å². The van der Waals surface area contributed by atoms with Gasteiger partial charge in [0.2, 0.25) is 0 Å². The average Bonchev–Trinajstić information content (AvgIpc) is 2.98. The van der Waals surface area contributed by atoms with E-state index in [0.29, 0.717) is 4.75 Å². The lowest BCUT2D eigenvalue weighted by atomic mass is 9.78. The molecule has 0 aromatic carbocycles. The van der Waals surface area contributed by atoms with Crippen LogP contribution in [0.1, 0.15) is 39.5 Å². The van der Waals surface area contributed by atoms with E-state index in [1.54, 1.807) is 0 Å². The average molecular weight is 254 g/mol. The van der Waals surface area contributed by atoms with Gasteiger partial charge in [0.05, 0.1) is 0 Å². The Kier molecular flexibility index (Phi) is 3.44. The molecule has 2 saturated carbocycles. The third-order valence-electron chi connectivity index (χ3n) is 4.55. The minimum Gasteiger partial charge on any atom is -0.314 e. The van der Waals surface area contributed by atoms with Crippen LogP contribution in [0.3, 0.4) is 0 Å². The monoisotopic (exact) mass is 254 g/mol. The highest BCUT2D eigenvalue weighted by molar-refractivity contribution is 8.00. The standard InChI is InChI=1S/C14H26N2S/c1-14(2)10-16(7-8-17-14)13-6-3-11(13)9-15-12-4-5-12/h11-13,15H,3-10H2,1-2H3. The molecule has 3 aliphatic rings. The molecule has 0 amide bonds.